The summed E-state index contributed by atoms with van der Waals surface area (Å²) in [5.74, 6) is -1.14. The molecule has 0 radical (unpaired) electrons. The van der Waals surface area contributed by atoms with E-state index in [2.05, 4.69) is 5.32 Å². The fraction of sp³-hybridized carbons (Fsp3) is 0.0625. The number of anilines is 1. The third kappa shape index (κ3) is 1.49. The van der Waals surface area contributed by atoms with Crippen LogP contribution in [0.15, 0.2) is 52.9 Å². The lowest BCUT2D eigenvalue weighted by atomic mass is 9.92. The number of rotatable bonds is 1. The van der Waals surface area contributed by atoms with Crippen LogP contribution in [-0.2, 0) is 10.4 Å². The van der Waals surface area contributed by atoms with Gasteiger partial charge < -0.3 is 14.8 Å². The number of carbonyl (C=O) groups excluding carboxylic acids is 1. The van der Waals surface area contributed by atoms with Gasteiger partial charge in [-0.05, 0) is 18.2 Å². The molecule has 0 aliphatic carbocycles. The van der Waals surface area contributed by atoms with Crippen LogP contribution < -0.4 is 5.32 Å². The number of benzene rings is 2. The fourth-order valence-electron chi connectivity index (χ4n) is 2.69. The molecule has 0 saturated carbocycles. The van der Waals surface area contributed by atoms with E-state index in [0.29, 0.717) is 16.6 Å². The van der Waals surface area contributed by atoms with Gasteiger partial charge in [0.05, 0.1) is 0 Å². The van der Waals surface area contributed by atoms with Crippen molar-refractivity contribution >= 4 is 22.6 Å². The Hall–Kier alpha value is -2.66. The molecule has 2 aromatic carbocycles. The van der Waals surface area contributed by atoms with Crippen molar-refractivity contribution < 1.29 is 18.7 Å². The van der Waals surface area contributed by atoms with Crippen molar-refractivity contribution in [3.63, 3.8) is 0 Å². The van der Waals surface area contributed by atoms with E-state index < -0.39 is 17.3 Å². The second-order valence-electron chi connectivity index (χ2n) is 4.98. The van der Waals surface area contributed by atoms with Gasteiger partial charge in [-0.25, -0.2) is 4.39 Å². The summed E-state index contributed by atoms with van der Waals surface area (Å²) in [5, 5.41) is 13.9. The Morgan fingerprint density at radius 3 is 2.76 bits per heavy atom. The highest BCUT2D eigenvalue weighted by atomic mass is 19.1. The number of para-hydroxylation sites is 2. The molecular formula is C16H10FNO3. The minimum absolute atomic E-state index is 0.00468. The summed E-state index contributed by atoms with van der Waals surface area (Å²) in [7, 11) is 0. The molecule has 2 heterocycles. The van der Waals surface area contributed by atoms with Crippen LogP contribution in [0.1, 0.15) is 11.3 Å². The number of fused-ring (bicyclic) bond motifs is 2. The molecule has 1 aliphatic heterocycles. The average molecular weight is 283 g/mol. The van der Waals surface area contributed by atoms with Gasteiger partial charge in [0.15, 0.2) is 17.2 Å². The highest BCUT2D eigenvalue weighted by Gasteiger charge is 2.49. The van der Waals surface area contributed by atoms with Crippen LogP contribution in [0.2, 0.25) is 0 Å². The summed E-state index contributed by atoms with van der Waals surface area (Å²) in [4.78, 5) is 12.2. The minimum atomic E-state index is -1.94. The van der Waals surface area contributed by atoms with E-state index in [1.807, 2.05) is 0 Å². The molecule has 0 bridgehead atoms. The molecular weight excluding hydrogens is 273 g/mol. The van der Waals surface area contributed by atoms with E-state index >= 15 is 0 Å². The van der Waals surface area contributed by atoms with Crippen molar-refractivity contribution in [2.75, 3.05) is 5.32 Å². The Labute approximate surface area is 118 Å². The molecule has 21 heavy (non-hydrogen) atoms. The number of aliphatic hydroxyl groups is 1. The Kier molecular flexibility index (Phi) is 2.26. The normalized spacial score (nSPS) is 20.6. The monoisotopic (exact) mass is 283 g/mol. The maximum atomic E-state index is 13.7. The van der Waals surface area contributed by atoms with Crippen molar-refractivity contribution in [2.45, 2.75) is 5.60 Å². The van der Waals surface area contributed by atoms with Crippen molar-refractivity contribution in [1.82, 2.24) is 0 Å². The zero-order chi connectivity index (χ0) is 14.6. The second kappa shape index (κ2) is 3.93. The molecule has 1 atom stereocenters. The molecule has 0 spiro atoms. The van der Waals surface area contributed by atoms with Gasteiger partial charge in [-0.15, -0.1) is 0 Å². The number of hydrogen-bond donors (Lipinski definition) is 2. The maximum absolute atomic E-state index is 13.7. The number of furan rings is 1. The van der Waals surface area contributed by atoms with E-state index in [0.717, 1.165) is 0 Å². The first-order valence-corrected chi connectivity index (χ1v) is 6.42. The summed E-state index contributed by atoms with van der Waals surface area (Å²) >= 11 is 0. The standard InChI is InChI=1S/C16H10FNO3/c17-11-6-3-4-9-8-13(21-14(9)11)16(20)10-5-1-2-7-12(10)18-15(16)19/h1-8,20H,(H,18,19). The molecule has 0 saturated heterocycles. The number of halogens is 1. The van der Waals surface area contributed by atoms with E-state index in [4.69, 9.17) is 4.42 Å². The molecule has 1 aromatic heterocycles. The van der Waals surface area contributed by atoms with Crippen LogP contribution in [0, 0.1) is 5.82 Å². The highest BCUT2D eigenvalue weighted by molar-refractivity contribution is 6.07. The number of amides is 1. The summed E-state index contributed by atoms with van der Waals surface area (Å²) in [6, 6.07) is 12.8. The molecule has 1 aliphatic rings. The van der Waals surface area contributed by atoms with Crippen LogP contribution in [0.25, 0.3) is 11.0 Å². The molecule has 0 fully saturated rings. The molecule has 4 nitrogen and oxygen atoms in total. The lowest BCUT2D eigenvalue weighted by Gasteiger charge is -2.17. The van der Waals surface area contributed by atoms with E-state index in [9.17, 15) is 14.3 Å². The van der Waals surface area contributed by atoms with E-state index in [1.165, 1.54) is 12.1 Å². The van der Waals surface area contributed by atoms with Gasteiger partial charge in [0.1, 0.15) is 0 Å². The third-order valence-corrected chi connectivity index (χ3v) is 3.75. The molecule has 2 N–H and O–H groups in total. The summed E-state index contributed by atoms with van der Waals surface area (Å²) in [6.45, 7) is 0. The Morgan fingerprint density at radius 1 is 1.14 bits per heavy atom. The lowest BCUT2D eigenvalue weighted by molar-refractivity contribution is -0.130. The Bertz CT molecular complexity index is 886. The summed E-state index contributed by atoms with van der Waals surface area (Å²) < 4.78 is 19.2. The van der Waals surface area contributed by atoms with Crippen LogP contribution in [0.3, 0.4) is 0 Å². The predicted octanol–water partition coefficient (Wildman–Crippen LogP) is 2.76. The van der Waals surface area contributed by atoms with Crippen LogP contribution in [0.5, 0.6) is 0 Å². The van der Waals surface area contributed by atoms with Gasteiger partial charge in [0, 0.05) is 16.6 Å². The Morgan fingerprint density at radius 2 is 1.95 bits per heavy atom. The fourth-order valence-corrected chi connectivity index (χ4v) is 2.69. The number of nitrogens with one attached hydrogen (secondary N) is 1. The predicted molar refractivity (Wildman–Crippen MR) is 74.2 cm³/mol. The zero-order valence-electron chi connectivity index (χ0n) is 10.8. The zero-order valence-corrected chi connectivity index (χ0v) is 10.8. The van der Waals surface area contributed by atoms with Crippen molar-refractivity contribution in [1.29, 1.82) is 0 Å². The molecule has 5 heteroatoms. The van der Waals surface area contributed by atoms with Crippen LogP contribution in [0.4, 0.5) is 10.1 Å². The molecule has 1 unspecified atom stereocenters. The van der Waals surface area contributed by atoms with Gasteiger partial charge in [0.25, 0.3) is 5.91 Å². The van der Waals surface area contributed by atoms with Crippen LogP contribution >= 0.6 is 0 Å². The third-order valence-electron chi connectivity index (χ3n) is 3.75. The van der Waals surface area contributed by atoms with Gasteiger partial charge in [-0.1, -0.05) is 30.3 Å². The first-order valence-electron chi connectivity index (χ1n) is 6.42. The van der Waals surface area contributed by atoms with E-state index in [1.54, 1.807) is 36.4 Å². The van der Waals surface area contributed by atoms with Crippen molar-refractivity contribution in [2.24, 2.45) is 0 Å². The minimum Gasteiger partial charge on any atom is -0.454 e. The van der Waals surface area contributed by atoms with Crippen molar-refractivity contribution in [3.8, 4) is 0 Å². The smallest absolute Gasteiger partial charge is 0.269 e. The number of hydrogen-bond acceptors (Lipinski definition) is 3. The van der Waals surface area contributed by atoms with E-state index in [-0.39, 0.29) is 11.3 Å². The molecule has 3 aromatic rings. The first-order chi connectivity index (χ1) is 10.1. The quantitative estimate of drug-likeness (QED) is 0.722. The lowest BCUT2D eigenvalue weighted by Crippen LogP contribution is -2.34. The second-order valence-corrected chi connectivity index (χ2v) is 4.98. The highest BCUT2D eigenvalue weighted by Crippen LogP contribution is 2.42. The molecule has 104 valence electrons. The maximum Gasteiger partial charge on any atom is 0.269 e. The largest absolute Gasteiger partial charge is 0.454 e. The average Bonchev–Trinajstić information content (AvgIpc) is 3.02. The number of carbonyl (C=O) groups is 1. The van der Waals surface area contributed by atoms with Gasteiger partial charge in [0.2, 0.25) is 5.60 Å². The van der Waals surface area contributed by atoms with Gasteiger partial charge >= 0.3 is 0 Å². The molecule has 4 rings (SSSR count). The topological polar surface area (TPSA) is 62.5 Å². The first kappa shape index (κ1) is 12.1. The summed E-state index contributed by atoms with van der Waals surface area (Å²) in [5.41, 5.74) is -0.999. The van der Waals surface area contributed by atoms with Crippen molar-refractivity contribution in [3.05, 3.63) is 65.7 Å². The SMILES string of the molecule is O=C1Nc2ccccc2C1(O)c1cc2cccc(F)c2o1. The van der Waals surface area contributed by atoms with Gasteiger partial charge in [-0.3, -0.25) is 4.79 Å². The van der Waals surface area contributed by atoms with Crippen LogP contribution in [-0.4, -0.2) is 11.0 Å². The van der Waals surface area contributed by atoms with Gasteiger partial charge in [-0.2, -0.15) is 0 Å². The molecule has 1 amide bonds. The summed E-state index contributed by atoms with van der Waals surface area (Å²) in [6.07, 6.45) is 0. The Balaban J connectivity index is 1.99.